The summed E-state index contributed by atoms with van der Waals surface area (Å²) in [7, 11) is 1.95. The first kappa shape index (κ1) is 11.4. The Labute approximate surface area is 99.0 Å². The molecule has 0 fully saturated rings. The summed E-state index contributed by atoms with van der Waals surface area (Å²) >= 11 is 0. The van der Waals surface area contributed by atoms with Gasteiger partial charge in [0.1, 0.15) is 0 Å². The first-order valence-corrected chi connectivity index (χ1v) is 5.27. The van der Waals surface area contributed by atoms with Gasteiger partial charge >= 0.3 is 11.8 Å². The van der Waals surface area contributed by atoms with Crippen LogP contribution in [0, 0.1) is 0 Å². The first-order valence-electron chi connectivity index (χ1n) is 5.27. The van der Waals surface area contributed by atoms with E-state index in [-0.39, 0.29) is 0 Å². The van der Waals surface area contributed by atoms with Crippen LogP contribution in [0.5, 0.6) is 0 Å². The van der Waals surface area contributed by atoms with Gasteiger partial charge in [-0.05, 0) is 12.1 Å². The number of para-hydroxylation sites is 2. The van der Waals surface area contributed by atoms with E-state index in [1.165, 1.54) is 4.90 Å². The van der Waals surface area contributed by atoms with Crippen LogP contribution in [-0.2, 0) is 9.59 Å². The van der Waals surface area contributed by atoms with Gasteiger partial charge in [-0.1, -0.05) is 12.1 Å². The van der Waals surface area contributed by atoms with Crippen LogP contribution in [0.4, 0.5) is 11.4 Å². The van der Waals surface area contributed by atoms with E-state index in [1.54, 1.807) is 0 Å². The number of nitrogens with one attached hydrogen (secondary N) is 1. The monoisotopic (exact) mass is 234 g/mol. The van der Waals surface area contributed by atoms with Gasteiger partial charge in [-0.15, -0.1) is 0 Å². The molecule has 0 saturated heterocycles. The molecule has 1 aromatic carbocycles. The lowest BCUT2D eigenvalue weighted by atomic mass is 10.1. The van der Waals surface area contributed by atoms with Gasteiger partial charge in [-0.2, -0.15) is 0 Å². The second kappa shape index (κ2) is 4.42. The van der Waals surface area contributed by atoms with Gasteiger partial charge < -0.3 is 9.80 Å². The number of hydrogen-bond donors (Lipinski definition) is 2. The minimum absolute atomic E-state index is 0.472. The van der Waals surface area contributed by atoms with Gasteiger partial charge in [0, 0.05) is 20.1 Å². The second-order valence-corrected chi connectivity index (χ2v) is 3.84. The Morgan fingerprint density at radius 2 is 1.88 bits per heavy atom. The summed E-state index contributed by atoms with van der Waals surface area (Å²) < 4.78 is 0. The molecule has 2 rings (SSSR count). The Bertz CT molecular complexity index is 461. The van der Waals surface area contributed by atoms with Gasteiger partial charge in [0.25, 0.3) is 0 Å². The molecule has 6 nitrogen and oxygen atoms in total. The Kier molecular flexibility index (Phi) is 2.97. The van der Waals surface area contributed by atoms with Crippen molar-refractivity contribution in [2.45, 2.75) is 0 Å². The molecule has 1 aliphatic heterocycles. The molecule has 0 atom stereocenters. The molecule has 3 N–H and O–H groups in total. The number of hydrazine groups is 1. The Hall–Kier alpha value is -2.08. The van der Waals surface area contributed by atoms with Gasteiger partial charge in [0.05, 0.1) is 11.4 Å². The fourth-order valence-corrected chi connectivity index (χ4v) is 1.90. The number of benzene rings is 1. The maximum Gasteiger partial charge on any atom is 0.323 e. The van der Waals surface area contributed by atoms with E-state index in [4.69, 9.17) is 5.84 Å². The highest BCUT2D eigenvalue weighted by atomic mass is 16.2. The van der Waals surface area contributed by atoms with E-state index < -0.39 is 11.8 Å². The zero-order chi connectivity index (χ0) is 12.4. The van der Waals surface area contributed by atoms with Crippen molar-refractivity contribution in [3.63, 3.8) is 0 Å². The third-order valence-electron chi connectivity index (χ3n) is 2.81. The van der Waals surface area contributed by atoms with Crippen LogP contribution in [0.1, 0.15) is 0 Å². The molecule has 0 aromatic heterocycles. The number of nitrogens with two attached hydrogens (primary N) is 1. The van der Waals surface area contributed by atoms with Gasteiger partial charge in [0.2, 0.25) is 0 Å². The lowest BCUT2D eigenvalue weighted by molar-refractivity contribution is -0.137. The van der Waals surface area contributed by atoms with Crippen LogP contribution >= 0.6 is 0 Å². The van der Waals surface area contributed by atoms with E-state index in [2.05, 4.69) is 0 Å². The van der Waals surface area contributed by atoms with Crippen molar-refractivity contribution >= 4 is 23.2 Å². The minimum atomic E-state index is -0.802. The number of hydrogen-bond acceptors (Lipinski definition) is 4. The smallest absolute Gasteiger partial charge is 0.323 e. The number of carbonyl (C=O) groups is 2. The summed E-state index contributed by atoms with van der Waals surface area (Å²) in [4.78, 5) is 26.6. The zero-order valence-corrected chi connectivity index (χ0v) is 9.51. The van der Waals surface area contributed by atoms with Crippen molar-refractivity contribution in [1.82, 2.24) is 5.43 Å². The van der Waals surface area contributed by atoms with Crippen molar-refractivity contribution < 1.29 is 9.59 Å². The second-order valence-electron chi connectivity index (χ2n) is 3.84. The van der Waals surface area contributed by atoms with E-state index in [1.807, 2.05) is 41.6 Å². The molecule has 0 unspecified atom stereocenters. The molecule has 2 amide bonds. The minimum Gasteiger partial charge on any atom is -0.371 e. The molecule has 0 spiro atoms. The van der Waals surface area contributed by atoms with Gasteiger partial charge in [0.15, 0.2) is 0 Å². The Morgan fingerprint density at radius 1 is 1.24 bits per heavy atom. The molecule has 1 heterocycles. The van der Waals surface area contributed by atoms with Crippen LogP contribution < -0.4 is 21.1 Å². The fourth-order valence-electron chi connectivity index (χ4n) is 1.90. The molecule has 17 heavy (non-hydrogen) atoms. The van der Waals surface area contributed by atoms with Crippen molar-refractivity contribution in [1.29, 1.82) is 0 Å². The van der Waals surface area contributed by atoms with Crippen LogP contribution in [-0.4, -0.2) is 32.0 Å². The number of nitrogens with zero attached hydrogens (tertiary/aromatic N) is 2. The SMILES string of the molecule is CN1CCN(C(=O)C(=O)NN)c2ccccc21. The average molecular weight is 234 g/mol. The maximum absolute atomic E-state index is 11.8. The van der Waals surface area contributed by atoms with Gasteiger partial charge in [-0.25, -0.2) is 5.84 Å². The highest BCUT2D eigenvalue weighted by Crippen LogP contribution is 2.31. The molecular formula is C11H14N4O2. The normalized spacial score (nSPS) is 14.2. The molecule has 0 saturated carbocycles. The molecule has 0 bridgehead atoms. The van der Waals surface area contributed by atoms with Crippen molar-refractivity contribution in [3.05, 3.63) is 24.3 Å². The van der Waals surface area contributed by atoms with Crippen LogP contribution in [0.15, 0.2) is 24.3 Å². The number of carbonyl (C=O) groups excluding carboxylic acids is 2. The lowest BCUT2D eigenvalue weighted by Gasteiger charge is -2.35. The third kappa shape index (κ3) is 1.94. The molecular weight excluding hydrogens is 220 g/mol. The van der Waals surface area contributed by atoms with E-state index >= 15 is 0 Å². The number of amides is 2. The van der Waals surface area contributed by atoms with Crippen LogP contribution in [0.25, 0.3) is 0 Å². The van der Waals surface area contributed by atoms with Crippen molar-refractivity contribution in [3.8, 4) is 0 Å². The van der Waals surface area contributed by atoms with Gasteiger partial charge in [-0.3, -0.25) is 15.0 Å². The molecule has 1 aliphatic rings. The van der Waals surface area contributed by atoms with Crippen LogP contribution in [0.3, 0.4) is 0 Å². The van der Waals surface area contributed by atoms with Crippen molar-refractivity contribution in [2.75, 3.05) is 29.9 Å². The molecule has 90 valence electrons. The topological polar surface area (TPSA) is 78.7 Å². The summed E-state index contributed by atoms with van der Waals surface area (Å²) in [5, 5.41) is 0. The third-order valence-corrected chi connectivity index (χ3v) is 2.81. The summed E-state index contributed by atoms with van der Waals surface area (Å²) in [5.41, 5.74) is 3.52. The first-order chi connectivity index (χ1) is 8.15. The maximum atomic E-state index is 11.8. The highest BCUT2D eigenvalue weighted by Gasteiger charge is 2.28. The number of anilines is 2. The number of fused-ring (bicyclic) bond motifs is 1. The Morgan fingerprint density at radius 3 is 2.53 bits per heavy atom. The summed E-state index contributed by atoms with van der Waals surface area (Å²) in [5.74, 6) is 3.54. The summed E-state index contributed by atoms with van der Waals surface area (Å²) in [6, 6.07) is 7.45. The number of rotatable bonds is 0. The molecule has 0 aliphatic carbocycles. The zero-order valence-electron chi connectivity index (χ0n) is 9.51. The standard InChI is InChI=1S/C11H14N4O2/c1-14-6-7-15(11(17)10(16)13-12)9-5-3-2-4-8(9)14/h2-5H,6-7,12H2,1H3,(H,13,16). The highest BCUT2D eigenvalue weighted by molar-refractivity contribution is 6.40. The van der Waals surface area contributed by atoms with Crippen molar-refractivity contribution in [2.24, 2.45) is 5.84 Å². The molecule has 6 heteroatoms. The van der Waals surface area contributed by atoms with E-state index in [0.717, 1.165) is 11.4 Å². The average Bonchev–Trinajstić information content (AvgIpc) is 2.38. The molecule has 1 aromatic rings. The van der Waals surface area contributed by atoms with E-state index in [9.17, 15) is 9.59 Å². The summed E-state index contributed by atoms with van der Waals surface area (Å²) in [6.45, 7) is 1.15. The lowest BCUT2D eigenvalue weighted by Crippen LogP contribution is -2.50. The van der Waals surface area contributed by atoms with Crippen LogP contribution in [0.2, 0.25) is 0 Å². The fraction of sp³-hybridized carbons (Fsp3) is 0.273. The quantitative estimate of drug-likeness (QED) is 0.273. The largest absolute Gasteiger partial charge is 0.371 e. The Balaban J connectivity index is 2.36. The predicted molar refractivity (Wildman–Crippen MR) is 64.4 cm³/mol. The molecule has 0 radical (unpaired) electrons. The van der Waals surface area contributed by atoms with E-state index in [0.29, 0.717) is 13.1 Å². The summed E-state index contributed by atoms with van der Waals surface area (Å²) in [6.07, 6.45) is 0. The predicted octanol–water partition coefficient (Wildman–Crippen LogP) is -0.541. The number of likely N-dealkylation sites (N-methyl/N-ethyl adjacent to an activating group) is 1.